The number of β-amino-alcohol motifs (C(OH)–C–C–N with tert-alkyl or cyclic N) is 1. The number of H-pyrrole nitrogens is 1. The fourth-order valence-corrected chi connectivity index (χ4v) is 2.58. The molecule has 2 rings (SSSR count). The summed E-state index contributed by atoms with van der Waals surface area (Å²) in [7, 11) is 0. The quantitative estimate of drug-likeness (QED) is 0.818. The molecule has 0 aromatic carbocycles. The highest BCUT2D eigenvalue weighted by Crippen LogP contribution is 2.24. The summed E-state index contributed by atoms with van der Waals surface area (Å²) in [5, 5.41) is 8.96. The van der Waals surface area contributed by atoms with E-state index in [9.17, 15) is 4.79 Å². The Hall–Kier alpha value is -1.13. The fraction of sp³-hybridized carbons (Fsp3) is 0.615. The first-order chi connectivity index (χ1) is 8.19. The van der Waals surface area contributed by atoms with Crippen LogP contribution in [0.5, 0.6) is 0 Å². The van der Waals surface area contributed by atoms with Crippen LogP contribution in [-0.2, 0) is 0 Å². The van der Waals surface area contributed by atoms with Crippen molar-refractivity contribution in [2.45, 2.75) is 25.7 Å². The van der Waals surface area contributed by atoms with Gasteiger partial charge < -0.3 is 15.0 Å². The highest BCUT2D eigenvalue weighted by molar-refractivity contribution is 5.15. The number of rotatable bonds is 3. The minimum atomic E-state index is 0.0792. The predicted octanol–water partition coefficient (Wildman–Crippen LogP) is 0.855. The van der Waals surface area contributed by atoms with Crippen LogP contribution in [0, 0.1) is 6.92 Å². The van der Waals surface area contributed by atoms with Gasteiger partial charge in [-0.1, -0.05) is 0 Å². The van der Waals surface area contributed by atoms with E-state index in [1.165, 1.54) is 0 Å². The summed E-state index contributed by atoms with van der Waals surface area (Å²) in [4.78, 5) is 17.0. The van der Waals surface area contributed by atoms with Gasteiger partial charge >= 0.3 is 0 Å². The maximum atomic E-state index is 11.5. The third-order valence-corrected chi connectivity index (χ3v) is 3.36. The van der Waals surface area contributed by atoms with Gasteiger partial charge in [0, 0.05) is 42.5 Å². The van der Waals surface area contributed by atoms with E-state index in [0.717, 1.165) is 43.9 Å². The van der Waals surface area contributed by atoms with Crippen LogP contribution in [0.1, 0.15) is 30.1 Å². The maximum Gasteiger partial charge on any atom is 0.182 e. The zero-order valence-electron chi connectivity index (χ0n) is 10.3. The van der Waals surface area contributed by atoms with Crippen molar-refractivity contribution in [3.05, 3.63) is 33.7 Å². The molecule has 0 aliphatic carbocycles. The number of aliphatic hydroxyl groups excluding tert-OH is 1. The number of nitrogens with zero attached hydrogens (tertiary/aromatic N) is 1. The van der Waals surface area contributed by atoms with Crippen LogP contribution in [0.2, 0.25) is 0 Å². The van der Waals surface area contributed by atoms with Crippen molar-refractivity contribution in [3.63, 3.8) is 0 Å². The monoisotopic (exact) mass is 236 g/mol. The lowest BCUT2D eigenvalue weighted by molar-refractivity contribution is 0.160. The Morgan fingerprint density at radius 1 is 1.53 bits per heavy atom. The second-order valence-corrected chi connectivity index (χ2v) is 4.82. The van der Waals surface area contributed by atoms with E-state index >= 15 is 0 Å². The zero-order chi connectivity index (χ0) is 12.3. The molecule has 17 heavy (non-hydrogen) atoms. The molecule has 1 atom stereocenters. The second-order valence-electron chi connectivity index (χ2n) is 4.82. The van der Waals surface area contributed by atoms with Crippen molar-refractivity contribution in [3.8, 4) is 0 Å². The average molecular weight is 236 g/mol. The fourth-order valence-electron chi connectivity index (χ4n) is 2.58. The zero-order valence-corrected chi connectivity index (χ0v) is 10.3. The number of aromatic nitrogens is 1. The third-order valence-electron chi connectivity index (χ3n) is 3.36. The average Bonchev–Trinajstić information content (AvgIpc) is 2.28. The smallest absolute Gasteiger partial charge is 0.182 e. The minimum Gasteiger partial charge on any atom is -0.395 e. The number of nitrogens with one attached hydrogen (secondary N) is 1. The van der Waals surface area contributed by atoms with Gasteiger partial charge in [0.05, 0.1) is 6.61 Å². The van der Waals surface area contributed by atoms with Crippen LogP contribution in [0.15, 0.2) is 16.9 Å². The Bertz CT molecular complexity index is 426. The highest BCUT2D eigenvalue weighted by Gasteiger charge is 2.21. The molecule has 2 heterocycles. The summed E-state index contributed by atoms with van der Waals surface area (Å²) in [6.45, 7) is 4.83. The Balaban J connectivity index is 2.13. The summed E-state index contributed by atoms with van der Waals surface area (Å²) in [6, 6.07) is 3.33. The molecule has 1 fully saturated rings. The molecule has 0 amide bonds. The van der Waals surface area contributed by atoms with Crippen molar-refractivity contribution in [1.29, 1.82) is 0 Å². The molecule has 1 aromatic heterocycles. The summed E-state index contributed by atoms with van der Waals surface area (Å²) < 4.78 is 0. The number of aliphatic hydroxyl groups is 1. The lowest BCUT2D eigenvalue weighted by Crippen LogP contribution is -2.36. The standard InChI is InChI=1S/C13H20N2O2/c1-10-7-12(17)8-13(14-10)11-3-2-4-15(9-11)5-6-16/h7-8,11,16H,2-6,9H2,1H3,(H,14,17)/t11-/m1/s1. The second kappa shape index (κ2) is 5.47. The van der Waals surface area contributed by atoms with Crippen molar-refractivity contribution in [1.82, 2.24) is 9.88 Å². The molecule has 4 heteroatoms. The van der Waals surface area contributed by atoms with E-state index < -0.39 is 0 Å². The number of hydrogen-bond acceptors (Lipinski definition) is 3. The van der Waals surface area contributed by atoms with Gasteiger partial charge in [-0.2, -0.15) is 0 Å². The van der Waals surface area contributed by atoms with Gasteiger partial charge in [-0.3, -0.25) is 4.79 Å². The normalized spacial score (nSPS) is 21.6. The van der Waals surface area contributed by atoms with E-state index in [1.54, 1.807) is 12.1 Å². The van der Waals surface area contributed by atoms with E-state index in [-0.39, 0.29) is 12.0 Å². The van der Waals surface area contributed by atoms with Gasteiger partial charge in [-0.25, -0.2) is 0 Å². The van der Waals surface area contributed by atoms with Gasteiger partial charge in [-0.15, -0.1) is 0 Å². The molecule has 2 N–H and O–H groups in total. The molecule has 1 saturated heterocycles. The van der Waals surface area contributed by atoms with Crippen molar-refractivity contribution < 1.29 is 5.11 Å². The molecule has 0 saturated carbocycles. The number of hydrogen-bond donors (Lipinski definition) is 2. The lowest BCUT2D eigenvalue weighted by atomic mass is 9.94. The third kappa shape index (κ3) is 3.17. The molecular formula is C13H20N2O2. The van der Waals surface area contributed by atoms with Gasteiger partial charge in [0.15, 0.2) is 5.43 Å². The van der Waals surface area contributed by atoms with Crippen LogP contribution in [0.3, 0.4) is 0 Å². The molecule has 1 aliphatic rings. The molecule has 94 valence electrons. The molecule has 4 nitrogen and oxygen atoms in total. The topological polar surface area (TPSA) is 56.3 Å². The van der Waals surface area contributed by atoms with Crippen LogP contribution in [0.4, 0.5) is 0 Å². The first kappa shape index (κ1) is 12.3. The molecule has 0 spiro atoms. The first-order valence-corrected chi connectivity index (χ1v) is 6.23. The summed E-state index contributed by atoms with van der Waals surface area (Å²) >= 11 is 0. The number of piperidine rings is 1. The van der Waals surface area contributed by atoms with Gasteiger partial charge in [0.2, 0.25) is 0 Å². The number of aryl methyl sites for hydroxylation is 1. The number of pyridine rings is 1. The Kier molecular flexibility index (Phi) is 3.97. The molecule has 0 unspecified atom stereocenters. The van der Waals surface area contributed by atoms with Crippen molar-refractivity contribution in [2.75, 3.05) is 26.2 Å². The van der Waals surface area contributed by atoms with Crippen LogP contribution in [0.25, 0.3) is 0 Å². The summed E-state index contributed by atoms with van der Waals surface area (Å²) in [6.07, 6.45) is 2.24. The van der Waals surface area contributed by atoms with Crippen LogP contribution in [-0.4, -0.2) is 41.2 Å². The molecule has 1 aliphatic heterocycles. The lowest BCUT2D eigenvalue weighted by Gasteiger charge is -2.32. The Labute approximate surface area is 101 Å². The van der Waals surface area contributed by atoms with E-state index in [0.29, 0.717) is 5.92 Å². The van der Waals surface area contributed by atoms with Crippen molar-refractivity contribution in [2.24, 2.45) is 0 Å². The van der Waals surface area contributed by atoms with Crippen LogP contribution < -0.4 is 5.43 Å². The summed E-state index contributed by atoms with van der Waals surface area (Å²) in [5.74, 6) is 0.392. The Morgan fingerprint density at radius 3 is 3.06 bits per heavy atom. The molecule has 0 radical (unpaired) electrons. The molecular weight excluding hydrogens is 216 g/mol. The SMILES string of the molecule is Cc1cc(=O)cc([C@@H]2CCCN(CCO)C2)[nH]1. The van der Waals surface area contributed by atoms with Gasteiger partial charge in [0.1, 0.15) is 0 Å². The van der Waals surface area contributed by atoms with Gasteiger partial charge in [0.25, 0.3) is 0 Å². The molecule has 0 bridgehead atoms. The highest BCUT2D eigenvalue weighted by atomic mass is 16.3. The number of likely N-dealkylation sites (tertiary alicyclic amines) is 1. The van der Waals surface area contributed by atoms with Crippen molar-refractivity contribution >= 4 is 0 Å². The molecule has 1 aromatic rings. The maximum absolute atomic E-state index is 11.5. The first-order valence-electron chi connectivity index (χ1n) is 6.23. The van der Waals surface area contributed by atoms with E-state index in [2.05, 4.69) is 9.88 Å². The Morgan fingerprint density at radius 2 is 2.35 bits per heavy atom. The number of aromatic amines is 1. The van der Waals surface area contributed by atoms with Crippen LogP contribution >= 0.6 is 0 Å². The summed E-state index contributed by atoms with van der Waals surface area (Å²) in [5.41, 5.74) is 2.04. The van der Waals surface area contributed by atoms with E-state index in [4.69, 9.17) is 5.11 Å². The van der Waals surface area contributed by atoms with E-state index in [1.807, 2.05) is 6.92 Å². The minimum absolute atomic E-state index is 0.0792. The largest absolute Gasteiger partial charge is 0.395 e. The predicted molar refractivity (Wildman–Crippen MR) is 67.3 cm³/mol. The van der Waals surface area contributed by atoms with Gasteiger partial charge in [-0.05, 0) is 26.3 Å².